The van der Waals surface area contributed by atoms with Gasteiger partial charge < -0.3 is 15.8 Å². The minimum absolute atomic E-state index is 0.225. The first-order valence-electron chi connectivity index (χ1n) is 5.93. The van der Waals surface area contributed by atoms with Crippen LogP contribution in [0.1, 0.15) is 26.2 Å². The summed E-state index contributed by atoms with van der Waals surface area (Å²) in [5, 5.41) is 12.2. The first kappa shape index (κ1) is 13.7. The molecule has 0 fully saturated rings. The number of nitrogens with one attached hydrogen (secondary N) is 2. The highest BCUT2D eigenvalue weighted by molar-refractivity contribution is 5.40. The summed E-state index contributed by atoms with van der Waals surface area (Å²) in [5.74, 6) is 6.94. The Labute approximate surface area is 102 Å². The minimum Gasteiger partial charge on any atom is -0.396 e. The molecule has 1 heterocycles. The Morgan fingerprint density at radius 2 is 2.12 bits per heavy atom. The third kappa shape index (κ3) is 4.97. The zero-order valence-corrected chi connectivity index (χ0v) is 10.2. The summed E-state index contributed by atoms with van der Waals surface area (Å²) in [5.41, 5.74) is 2.45. The van der Waals surface area contributed by atoms with Gasteiger partial charge in [-0.1, -0.05) is 13.3 Å². The molecule has 0 aromatic carbocycles. The van der Waals surface area contributed by atoms with Crippen LogP contribution in [0.5, 0.6) is 0 Å². The van der Waals surface area contributed by atoms with Gasteiger partial charge in [-0.05, 0) is 18.8 Å². The molecule has 1 aromatic heterocycles. The predicted molar refractivity (Wildman–Crippen MR) is 68.4 cm³/mol. The first-order chi connectivity index (χ1) is 8.30. The highest BCUT2D eigenvalue weighted by atomic mass is 16.3. The lowest BCUT2D eigenvalue weighted by molar-refractivity contribution is 0.255. The molecule has 1 aromatic rings. The second kappa shape index (κ2) is 7.81. The van der Waals surface area contributed by atoms with E-state index in [2.05, 4.69) is 27.6 Å². The Kier molecular flexibility index (Phi) is 6.27. The largest absolute Gasteiger partial charge is 0.396 e. The summed E-state index contributed by atoms with van der Waals surface area (Å²) in [6, 6.07) is 0. The third-order valence-electron chi connectivity index (χ3n) is 2.59. The van der Waals surface area contributed by atoms with Crippen molar-refractivity contribution >= 4 is 11.6 Å². The van der Waals surface area contributed by atoms with Gasteiger partial charge >= 0.3 is 0 Å². The molecule has 0 bridgehead atoms. The van der Waals surface area contributed by atoms with E-state index in [-0.39, 0.29) is 6.61 Å². The van der Waals surface area contributed by atoms with Crippen molar-refractivity contribution in [1.29, 1.82) is 0 Å². The highest BCUT2D eigenvalue weighted by Crippen LogP contribution is 2.12. The Bertz CT molecular complexity index is 314. The van der Waals surface area contributed by atoms with E-state index in [1.54, 1.807) is 12.4 Å². The van der Waals surface area contributed by atoms with E-state index < -0.39 is 0 Å². The number of aromatic nitrogens is 2. The van der Waals surface area contributed by atoms with Gasteiger partial charge in [0.15, 0.2) is 5.82 Å². The van der Waals surface area contributed by atoms with E-state index in [0.717, 1.165) is 25.8 Å². The van der Waals surface area contributed by atoms with Crippen molar-refractivity contribution in [2.24, 2.45) is 11.8 Å². The SMILES string of the molecule is CCCC(CCO)CNc1cncc(NN)n1. The van der Waals surface area contributed by atoms with Crippen LogP contribution in [0.15, 0.2) is 12.4 Å². The lowest BCUT2D eigenvalue weighted by Gasteiger charge is -2.16. The molecule has 1 rings (SSSR count). The maximum Gasteiger partial charge on any atom is 0.160 e. The standard InChI is InChI=1S/C11H21N5O/c1-2-3-9(4-5-17)6-14-10-7-13-8-11(15-10)16-12/h7-9,17H,2-6,12H2,1H3,(H2,14,15,16). The summed E-state index contributed by atoms with van der Waals surface area (Å²) in [7, 11) is 0. The molecule has 0 aliphatic heterocycles. The normalized spacial score (nSPS) is 12.2. The molecule has 0 saturated heterocycles. The average Bonchev–Trinajstić information content (AvgIpc) is 2.37. The quantitative estimate of drug-likeness (QED) is 0.399. The molecular weight excluding hydrogens is 218 g/mol. The Morgan fingerprint density at radius 3 is 2.76 bits per heavy atom. The van der Waals surface area contributed by atoms with Crippen LogP contribution in [-0.2, 0) is 0 Å². The highest BCUT2D eigenvalue weighted by Gasteiger charge is 2.07. The lowest BCUT2D eigenvalue weighted by Crippen LogP contribution is -2.17. The molecule has 0 amide bonds. The van der Waals surface area contributed by atoms with Gasteiger partial charge in [0.05, 0.1) is 12.4 Å². The fraction of sp³-hybridized carbons (Fsp3) is 0.636. The van der Waals surface area contributed by atoms with Crippen LogP contribution in [0.3, 0.4) is 0 Å². The van der Waals surface area contributed by atoms with Crippen LogP contribution in [-0.4, -0.2) is 28.2 Å². The summed E-state index contributed by atoms with van der Waals surface area (Å²) in [6.07, 6.45) is 6.23. The Balaban J connectivity index is 2.46. The number of nitrogens with zero attached hydrogens (tertiary/aromatic N) is 2. The van der Waals surface area contributed by atoms with Crippen LogP contribution in [0, 0.1) is 5.92 Å². The number of aliphatic hydroxyl groups excluding tert-OH is 1. The number of rotatable bonds is 8. The van der Waals surface area contributed by atoms with Gasteiger partial charge in [-0.25, -0.2) is 10.8 Å². The summed E-state index contributed by atoms with van der Waals surface area (Å²) in [6.45, 7) is 3.16. The maximum absolute atomic E-state index is 8.96. The van der Waals surface area contributed by atoms with E-state index in [1.165, 1.54) is 0 Å². The molecular formula is C11H21N5O. The van der Waals surface area contributed by atoms with E-state index in [4.69, 9.17) is 10.9 Å². The van der Waals surface area contributed by atoms with Gasteiger partial charge in [-0.15, -0.1) is 0 Å². The lowest BCUT2D eigenvalue weighted by atomic mass is 10.0. The van der Waals surface area contributed by atoms with Crippen molar-refractivity contribution in [3.05, 3.63) is 12.4 Å². The minimum atomic E-state index is 0.225. The van der Waals surface area contributed by atoms with Gasteiger partial charge in [0.2, 0.25) is 0 Å². The molecule has 17 heavy (non-hydrogen) atoms. The Morgan fingerprint density at radius 1 is 1.35 bits per heavy atom. The molecule has 0 aliphatic rings. The topological polar surface area (TPSA) is 96.1 Å². The van der Waals surface area contributed by atoms with Gasteiger partial charge in [0.1, 0.15) is 5.82 Å². The molecule has 0 saturated carbocycles. The maximum atomic E-state index is 8.96. The zero-order chi connectivity index (χ0) is 12.5. The molecule has 0 aliphatic carbocycles. The fourth-order valence-electron chi connectivity index (χ4n) is 1.71. The second-order valence-corrected chi connectivity index (χ2v) is 3.98. The van der Waals surface area contributed by atoms with Crippen LogP contribution < -0.4 is 16.6 Å². The van der Waals surface area contributed by atoms with Crippen molar-refractivity contribution in [2.45, 2.75) is 26.2 Å². The van der Waals surface area contributed by atoms with E-state index >= 15 is 0 Å². The summed E-state index contributed by atoms with van der Waals surface area (Å²) < 4.78 is 0. The zero-order valence-electron chi connectivity index (χ0n) is 10.2. The number of nitrogen functional groups attached to an aromatic ring is 1. The van der Waals surface area contributed by atoms with Crippen molar-refractivity contribution in [3.8, 4) is 0 Å². The van der Waals surface area contributed by atoms with Crippen LogP contribution in [0.25, 0.3) is 0 Å². The van der Waals surface area contributed by atoms with Gasteiger partial charge in [-0.2, -0.15) is 0 Å². The van der Waals surface area contributed by atoms with Gasteiger partial charge in [0, 0.05) is 13.2 Å². The molecule has 0 radical (unpaired) electrons. The van der Waals surface area contributed by atoms with Crippen molar-refractivity contribution in [1.82, 2.24) is 9.97 Å². The third-order valence-corrected chi connectivity index (χ3v) is 2.59. The first-order valence-corrected chi connectivity index (χ1v) is 5.93. The second-order valence-electron chi connectivity index (χ2n) is 3.98. The van der Waals surface area contributed by atoms with E-state index in [1.807, 2.05) is 0 Å². The molecule has 96 valence electrons. The van der Waals surface area contributed by atoms with Crippen molar-refractivity contribution < 1.29 is 5.11 Å². The van der Waals surface area contributed by atoms with Crippen molar-refractivity contribution in [3.63, 3.8) is 0 Å². The predicted octanol–water partition coefficient (Wildman–Crippen LogP) is 0.973. The smallest absolute Gasteiger partial charge is 0.160 e. The van der Waals surface area contributed by atoms with Gasteiger partial charge in [0.25, 0.3) is 0 Å². The monoisotopic (exact) mass is 239 g/mol. The molecule has 1 unspecified atom stereocenters. The molecule has 6 nitrogen and oxygen atoms in total. The average molecular weight is 239 g/mol. The molecule has 0 spiro atoms. The number of aliphatic hydroxyl groups is 1. The van der Waals surface area contributed by atoms with Gasteiger partial charge in [-0.3, -0.25) is 4.98 Å². The van der Waals surface area contributed by atoms with Crippen LogP contribution in [0.4, 0.5) is 11.6 Å². The molecule has 1 atom stereocenters. The number of hydrazine groups is 1. The van der Waals surface area contributed by atoms with E-state index in [0.29, 0.717) is 17.6 Å². The van der Waals surface area contributed by atoms with Crippen LogP contribution >= 0.6 is 0 Å². The number of hydrogen-bond acceptors (Lipinski definition) is 6. The Hall–Kier alpha value is -1.40. The summed E-state index contributed by atoms with van der Waals surface area (Å²) in [4.78, 5) is 8.22. The van der Waals surface area contributed by atoms with Crippen LogP contribution in [0.2, 0.25) is 0 Å². The number of hydrogen-bond donors (Lipinski definition) is 4. The molecule has 6 heteroatoms. The van der Waals surface area contributed by atoms with Crippen molar-refractivity contribution in [2.75, 3.05) is 23.9 Å². The number of nitrogens with two attached hydrogens (primary N) is 1. The van der Waals surface area contributed by atoms with E-state index in [9.17, 15) is 0 Å². The summed E-state index contributed by atoms with van der Waals surface area (Å²) >= 11 is 0. The number of anilines is 2. The molecule has 5 N–H and O–H groups in total. The fourth-order valence-corrected chi connectivity index (χ4v) is 1.71.